The number of fused-ring (bicyclic) bond motifs is 1. The lowest BCUT2D eigenvalue weighted by Crippen LogP contribution is -2.38. The van der Waals surface area contributed by atoms with Gasteiger partial charge >= 0.3 is 6.09 Å². The molecule has 1 heterocycles. The van der Waals surface area contributed by atoms with E-state index in [1.165, 1.54) is 0 Å². The molecule has 1 amide bonds. The Morgan fingerprint density at radius 1 is 0.919 bits per heavy atom. The van der Waals surface area contributed by atoms with E-state index in [4.69, 9.17) is 0 Å². The van der Waals surface area contributed by atoms with Crippen molar-refractivity contribution in [3.8, 4) is 0 Å². The number of aromatic nitrogens is 2. The molecule has 0 spiro atoms. The average Bonchev–Trinajstić information content (AvgIpc) is 3.16. The van der Waals surface area contributed by atoms with Gasteiger partial charge in [-0.15, -0.1) is 4.99 Å². The number of hydrogen-bond acceptors (Lipinski definition) is 3. The highest BCUT2D eigenvalue weighted by Crippen LogP contribution is 2.22. The van der Waals surface area contributed by atoms with Gasteiger partial charge in [0.2, 0.25) is 15.6 Å². The van der Waals surface area contributed by atoms with Crippen LogP contribution in [0.1, 0.15) is 35.2 Å². The average molecular weight is 521 g/mol. The summed E-state index contributed by atoms with van der Waals surface area (Å²) in [6, 6.07) is 23.3. The number of carboxylic acid groups (broad SMARTS) is 1. The summed E-state index contributed by atoms with van der Waals surface area (Å²) >= 11 is 0. The van der Waals surface area contributed by atoms with Gasteiger partial charge in [-0.1, -0.05) is 71.8 Å². The lowest BCUT2D eigenvalue weighted by Gasteiger charge is -2.21. The first kappa shape index (κ1) is 26.4. The van der Waals surface area contributed by atoms with Crippen molar-refractivity contribution in [3.05, 3.63) is 101 Å². The van der Waals surface area contributed by atoms with Crippen LogP contribution < -0.4 is 10.3 Å². The van der Waals surface area contributed by atoms with Crippen LogP contribution in [0.3, 0.4) is 0 Å². The summed E-state index contributed by atoms with van der Waals surface area (Å²) < 4.78 is 31.2. The highest BCUT2D eigenvalue weighted by atomic mass is 32.2. The normalized spacial score (nSPS) is 13.2. The molecule has 8 nitrogen and oxygen atoms in total. The van der Waals surface area contributed by atoms with E-state index >= 15 is 0 Å². The van der Waals surface area contributed by atoms with E-state index in [1.54, 1.807) is 6.92 Å². The van der Waals surface area contributed by atoms with Crippen LogP contribution in [0.15, 0.2) is 77.8 Å². The van der Waals surface area contributed by atoms with Crippen LogP contribution in [0.2, 0.25) is 0 Å². The van der Waals surface area contributed by atoms with E-state index in [2.05, 4.69) is 9.71 Å². The van der Waals surface area contributed by atoms with Gasteiger partial charge in [0.1, 0.15) is 0 Å². The Bertz CT molecular complexity index is 1570. The fourth-order valence-corrected chi connectivity index (χ4v) is 5.06. The Hall–Kier alpha value is -3.69. The molecule has 1 aromatic heterocycles. The highest BCUT2D eigenvalue weighted by molar-refractivity contribution is 7.89. The summed E-state index contributed by atoms with van der Waals surface area (Å²) in [6.45, 7) is 6.12. The molecule has 2 N–H and O–H groups in total. The number of amides is 1. The molecule has 3 aromatic carbocycles. The number of imidazole rings is 1. The fraction of sp³-hybridized carbons (Fsp3) is 0.286. The second-order valence-corrected chi connectivity index (χ2v) is 11.3. The van der Waals surface area contributed by atoms with Gasteiger partial charge in [-0.3, -0.25) is 0 Å². The van der Waals surface area contributed by atoms with Gasteiger partial charge in [-0.2, -0.15) is 0 Å². The van der Waals surface area contributed by atoms with Crippen LogP contribution in [-0.2, 0) is 23.0 Å². The van der Waals surface area contributed by atoms with Crippen LogP contribution in [0.25, 0.3) is 11.0 Å². The summed E-state index contributed by atoms with van der Waals surface area (Å²) in [5.41, 5.74) is 6.11. The topological polar surface area (TPSA) is 106 Å². The number of benzene rings is 3. The molecule has 37 heavy (non-hydrogen) atoms. The summed E-state index contributed by atoms with van der Waals surface area (Å²) in [5.74, 6) is -0.0452. The molecule has 0 saturated carbocycles. The number of hydrogen-bond donors (Lipinski definition) is 2. The third-order valence-electron chi connectivity index (χ3n) is 6.42. The molecule has 0 aliphatic rings. The molecule has 0 aliphatic carbocycles. The summed E-state index contributed by atoms with van der Waals surface area (Å²) in [4.78, 5) is 15.9. The van der Waals surface area contributed by atoms with Crippen molar-refractivity contribution in [2.45, 2.75) is 39.8 Å². The van der Waals surface area contributed by atoms with Gasteiger partial charge in [-0.05, 0) is 50.5 Å². The van der Waals surface area contributed by atoms with Crippen molar-refractivity contribution in [2.24, 2.45) is 4.99 Å². The van der Waals surface area contributed by atoms with Crippen LogP contribution in [0.5, 0.6) is 0 Å². The third kappa shape index (κ3) is 6.36. The first-order chi connectivity index (χ1) is 17.7. The Morgan fingerprint density at radius 3 is 2.05 bits per heavy atom. The third-order valence-corrected chi connectivity index (χ3v) is 7.79. The zero-order valence-electron chi connectivity index (χ0n) is 21.3. The lowest BCUT2D eigenvalue weighted by atomic mass is 10.0. The number of nitrogens with zero attached hydrogens (tertiary/aromatic N) is 3. The molecule has 1 atom stereocenters. The summed E-state index contributed by atoms with van der Waals surface area (Å²) in [6.07, 6.45) is -0.831. The minimum Gasteiger partial charge on any atom is -0.463 e. The maximum atomic E-state index is 12.4. The van der Waals surface area contributed by atoms with Gasteiger partial charge in [0.25, 0.3) is 0 Å². The molecular weight excluding hydrogens is 488 g/mol. The SMILES string of the molecule is CCS(=O)(=O)NCC(Cc1ccc(C)cc1)n1/c(=N/C(=O)O)n(Cc2ccc(C)cc2)c2ccccc21. The summed E-state index contributed by atoms with van der Waals surface area (Å²) in [5, 5.41) is 9.74. The smallest absolute Gasteiger partial charge is 0.434 e. The number of carbonyl (C=O) groups is 1. The Balaban J connectivity index is 1.92. The molecule has 9 heteroatoms. The fourth-order valence-electron chi connectivity index (χ4n) is 4.41. The zero-order chi connectivity index (χ0) is 26.6. The first-order valence-electron chi connectivity index (χ1n) is 12.2. The predicted molar refractivity (Wildman–Crippen MR) is 145 cm³/mol. The minimum atomic E-state index is -3.47. The molecule has 0 saturated heterocycles. The second-order valence-electron chi connectivity index (χ2n) is 9.22. The second kappa shape index (κ2) is 11.1. The predicted octanol–water partition coefficient (Wildman–Crippen LogP) is 4.41. The largest absolute Gasteiger partial charge is 0.463 e. The molecule has 4 aromatic rings. The molecule has 4 rings (SSSR count). The van der Waals surface area contributed by atoms with Crippen molar-refractivity contribution in [3.63, 3.8) is 0 Å². The number of aryl methyl sites for hydroxylation is 2. The number of sulfonamides is 1. The molecule has 0 radical (unpaired) electrons. The van der Waals surface area contributed by atoms with Crippen LogP contribution >= 0.6 is 0 Å². The maximum absolute atomic E-state index is 12.4. The molecule has 0 bridgehead atoms. The van der Waals surface area contributed by atoms with Crippen molar-refractivity contribution >= 4 is 27.1 Å². The molecule has 0 fully saturated rings. The molecular formula is C28H32N4O4S. The van der Waals surface area contributed by atoms with Crippen molar-refractivity contribution in [1.82, 2.24) is 13.9 Å². The van der Waals surface area contributed by atoms with Gasteiger partial charge in [0.05, 0.1) is 29.4 Å². The Labute approximate surface area is 217 Å². The standard InChI is InChI=1S/C28H32N4O4S/c1-4-37(35,36)29-18-24(17-22-13-9-20(2)10-14-22)32-26-8-6-5-7-25(26)31(27(32)30-28(33)34)19-23-15-11-21(3)12-16-23/h5-16,24,29H,4,17-19H2,1-3H3,(H,33,34)/b30-27+. The minimum absolute atomic E-state index is 0.0452. The van der Waals surface area contributed by atoms with E-state index in [-0.39, 0.29) is 17.9 Å². The van der Waals surface area contributed by atoms with Gasteiger partial charge < -0.3 is 14.2 Å². The van der Waals surface area contributed by atoms with Gasteiger partial charge in [0, 0.05) is 6.54 Å². The molecule has 1 unspecified atom stereocenters. The Morgan fingerprint density at radius 2 is 1.49 bits per heavy atom. The van der Waals surface area contributed by atoms with Gasteiger partial charge in [-0.25, -0.2) is 17.9 Å². The lowest BCUT2D eigenvalue weighted by molar-refractivity contribution is 0.204. The van der Waals surface area contributed by atoms with Gasteiger partial charge in [0.15, 0.2) is 0 Å². The quantitative estimate of drug-likeness (QED) is 0.341. The van der Waals surface area contributed by atoms with Crippen molar-refractivity contribution < 1.29 is 18.3 Å². The number of nitrogens with one attached hydrogen (secondary N) is 1. The van der Waals surface area contributed by atoms with E-state index in [0.717, 1.165) is 33.3 Å². The first-order valence-corrected chi connectivity index (χ1v) is 13.9. The van der Waals surface area contributed by atoms with Crippen LogP contribution in [0.4, 0.5) is 4.79 Å². The monoisotopic (exact) mass is 520 g/mol. The van der Waals surface area contributed by atoms with Crippen molar-refractivity contribution in [1.29, 1.82) is 0 Å². The number of para-hydroxylation sites is 2. The highest BCUT2D eigenvalue weighted by Gasteiger charge is 2.22. The number of rotatable bonds is 9. The molecule has 194 valence electrons. The van der Waals surface area contributed by atoms with E-state index < -0.39 is 22.2 Å². The van der Waals surface area contributed by atoms with E-state index in [0.29, 0.717) is 13.0 Å². The molecule has 0 aliphatic heterocycles. The van der Waals surface area contributed by atoms with Crippen molar-refractivity contribution in [2.75, 3.05) is 12.3 Å². The van der Waals surface area contributed by atoms with E-state index in [9.17, 15) is 18.3 Å². The zero-order valence-corrected chi connectivity index (χ0v) is 22.1. The van der Waals surface area contributed by atoms with Crippen LogP contribution in [0, 0.1) is 13.8 Å². The van der Waals surface area contributed by atoms with Crippen LogP contribution in [-0.4, -0.2) is 41.0 Å². The van der Waals surface area contributed by atoms with E-state index in [1.807, 2.05) is 95.8 Å². The maximum Gasteiger partial charge on any atom is 0.434 e. The summed E-state index contributed by atoms with van der Waals surface area (Å²) in [7, 11) is -3.47. The Kier molecular flexibility index (Phi) is 7.94.